The van der Waals surface area contributed by atoms with Crippen molar-refractivity contribution in [1.29, 1.82) is 0 Å². The van der Waals surface area contributed by atoms with Crippen molar-refractivity contribution in [1.82, 2.24) is 9.97 Å². The van der Waals surface area contributed by atoms with Crippen LogP contribution in [0.2, 0.25) is 0 Å². The van der Waals surface area contributed by atoms with Crippen LogP contribution in [0.25, 0.3) is 0 Å². The third kappa shape index (κ3) is 5.78. The Labute approximate surface area is 186 Å². The normalized spacial score (nSPS) is 10.7. The Morgan fingerprint density at radius 2 is 1.56 bits per heavy atom. The molecule has 0 saturated heterocycles. The molecule has 9 nitrogen and oxygen atoms in total. The summed E-state index contributed by atoms with van der Waals surface area (Å²) in [6.07, 6.45) is 1.25. The van der Waals surface area contributed by atoms with Gasteiger partial charge in [0.15, 0.2) is 0 Å². The van der Waals surface area contributed by atoms with Crippen molar-refractivity contribution in [2.75, 3.05) is 17.2 Å². The van der Waals surface area contributed by atoms with Gasteiger partial charge in [-0.1, -0.05) is 19.9 Å². The van der Waals surface area contributed by atoms with Gasteiger partial charge in [0, 0.05) is 11.4 Å². The first-order chi connectivity index (χ1) is 15.2. The topological polar surface area (TPSA) is 119 Å². The van der Waals surface area contributed by atoms with Crippen LogP contribution in [0, 0.1) is 29.9 Å². The molecule has 3 rings (SSSR count). The molecular formula is C23H25N5O4. The molecule has 2 N–H and O–H groups in total. The molecule has 0 fully saturated rings. The molecule has 1 aromatic heterocycles. The molecule has 0 bridgehead atoms. The number of aryl methyl sites for hydroxylation is 2. The van der Waals surface area contributed by atoms with Crippen molar-refractivity contribution in [3.8, 4) is 0 Å². The molecule has 0 aliphatic carbocycles. The van der Waals surface area contributed by atoms with Crippen LogP contribution in [-0.4, -0.2) is 27.5 Å². The molecule has 0 spiro atoms. The summed E-state index contributed by atoms with van der Waals surface area (Å²) in [6.45, 7) is 8.14. The second kappa shape index (κ2) is 9.86. The maximum atomic E-state index is 12.1. The van der Waals surface area contributed by atoms with Crippen LogP contribution in [0.1, 0.15) is 35.3 Å². The molecule has 1 heterocycles. The molecule has 0 amide bonds. The number of esters is 1. The summed E-state index contributed by atoms with van der Waals surface area (Å²) >= 11 is 0. The van der Waals surface area contributed by atoms with E-state index in [0.717, 1.165) is 11.1 Å². The van der Waals surface area contributed by atoms with Crippen molar-refractivity contribution in [2.24, 2.45) is 5.92 Å². The number of hydrogen-bond acceptors (Lipinski definition) is 8. The van der Waals surface area contributed by atoms with Gasteiger partial charge in [-0.25, -0.2) is 14.8 Å². The van der Waals surface area contributed by atoms with Crippen molar-refractivity contribution < 1.29 is 14.5 Å². The highest BCUT2D eigenvalue weighted by Gasteiger charge is 2.23. The van der Waals surface area contributed by atoms with Gasteiger partial charge in [0.25, 0.3) is 0 Å². The van der Waals surface area contributed by atoms with Gasteiger partial charge >= 0.3 is 11.7 Å². The Bertz CT molecular complexity index is 1110. The minimum absolute atomic E-state index is 0.0343. The van der Waals surface area contributed by atoms with E-state index in [1.807, 2.05) is 45.9 Å². The third-order valence-corrected chi connectivity index (χ3v) is 4.42. The van der Waals surface area contributed by atoms with E-state index < -0.39 is 10.9 Å². The Balaban J connectivity index is 1.83. The molecular weight excluding hydrogens is 410 g/mol. The van der Waals surface area contributed by atoms with Crippen LogP contribution in [0.15, 0.2) is 48.8 Å². The van der Waals surface area contributed by atoms with E-state index in [9.17, 15) is 14.9 Å². The SMILES string of the molecule is Cc1cc(C)cc(Nc2ncnc(Nc3ccc(C(=O)OCC(C)C)cc3)c2[N+](=O)[O-])c1. The molecule has 0 aliphatic rings. The molecule has 0 saturated carbocycles. The Kier molecular flexibility index (Phi) is 6.99. The van der Waals surface area contributed by atoms with E-state index in [-0.39, 0.29) is 23.2 Å². The first-order valence-corrected chi connectivity index (χ1v) is 10.1. The zero-order chi connectivity index (χ0) is 23.3. The van der Waals surface area contributed by atoms with Crippen LogP contribution in [0.5, 0.6) is 0 Å². The van der Waals surface area contributed by atoms with Crippen molar-refractivity contribution >= 4 is 34.7 Å². The lowest BCUT2D eigenvalue weighted by Crippen LogP contribution is -2.10. The lowest BCUT2D eigenvalue weighted by Gasteiger charge is -2.11. The molecule has 0 unspecified atom stereocenters. The fraction of sp³-hybridized carbons (Fsp3) is 0.261. The lowest BCUT2D eigenvalue weighted by molar-refractivity contribution is -0.383. The Hall–Kier alpha value is -4.01. The highest BCUT2D eigenvalue weighted by Crippen LogP contribution is 2.33. The lowest BCUT2D eigenvalue weighted by atomic mass is 10.1. The summed E-state index contributed by atoms with van der Waals surface area (Å²) in [6, 6.07) is 12.2. The molecule has 0 radical (unpaired) electrons. The highest BCUT2D eigenvalue weighted by atomic mass is 16.6. The quantitative estimate of drug-likeness (QED) is 0.278. The fourth-order valence-corrected chi connectivity index (χ4v) is 3.07. The van der Waals surface area contributed by atoms with Crippen LogP contribution < -0.4 is 10.6 Å². The van der Waals surface area contributed by atoms with E-state index in [4.69, 9.17) is 4.74 Å². The number of hydrogen-bond donors (Lipinski definition) is 2. The van der Waals surface area contributed by atoms with Crippen molar-refractivity contribution in [3.63, 3.8) is 0 Å². The zero-order valence-corrected chi connectivity index (χ0v) is 18.4. The maximum absolute atomic E-state index is 12.1. The average Bonchev–Trinajstić information content (AvgIpc) is 2.71. The van der Waals surface area contributed by atoms with Crippen molar-refractivity contribution in [2.45, 2.75) is 27.7 Å². The van der Waals surface area contributed by atoms with Gasteiger partial charge < -0.3 is 15.4 Å². The molecule has 32 heavy (non-hydrogen) atoms. The Morgan fingerprint density at radius 3 is 2.09 bits per heavy atom. The van der Waals surface area contributed by atoms with Gasteiger partial charge in [-0.2, -0.15) is 0 Å². The number of benzene rings is 2. The number of carbonyl (C=O) groups excluding carboxylic acids is 1. The number of carbonyl (C=O) groups is 1. The minimum Gasteiger partial charge on any atom is -0.462 e. The first kappa shape index (κ1) is 22.7. The fourth-order valence-electron chi connectivity index (χ4n) is 3.07. The van der Waals surface area contributed by atoms with E-state index in [0.29, 0.717) is 23.5 Å². The van der Waals surface area contributed by atoms with Gasteiger partial charge in [0.05, 0.1) is 17.1 Å². The molecule has 0 aliphatic heterocycles. The Morgan fingerprint density at radius 1 is 1.00 bits per heavy atom. The summed E-state index contributed by atoms with van der Waals surface area (Å²) in [5, 5.41) is 17.8. The smallest absolute Gasteiger partial charge is 0.353 e. The van der Waals surface area contributed by atoms with Crippen molar-refractivity contribution in [3.05, 3.63) is 75.6 Å². The minimum atomic E-state index is -0.537. The summed E-state index contributed by atoms with van der Waals surface area (Å²) in [5.74, 6) is -0.0682. The first-order valence-electron chi connectivity index (χ1n) is 10.1. The van der Waals surface area contributed by atoms with Crippen LogP contribution in [-0.2, 0) is 4.74 Å². The van der Waals surface area contributed by atoms with E-state index in [1.54, 1.807) is 24.3 Å². The maximum Gasteiger partial charge on any atom is 0.353 e. The summed E-state index contributed by atoms with van der Waals surface area (Å²) in [4.78, 5) is 31.4. The predicted octanol–water partition coefficient (Wildman–Crippen LogP) is 5.30. The van der Waals surface area contributed by atoms with Crippen LogP contribution in [0.3, 0.4) is 0 Å². The van der Waals surface area contributed by atoms with Gasteiger partial charge in [-0.3, -0.25) is 10.1 Å². The third-order valence-electron chi connectivity index (χ3n) is 4.42. The molecule has 2 aromatic carbocycles. The number of anilines is 4. The summed E-state index contributed by atoms with van der Waals surface area (Å²) in [5.41, 5.74) is 3.38. The second-order valence-corrected chi connectivity index (χ2v) is 7.87. The average molecular weight is 435 g/mol. The van der Waals surface area contributed by atoms with Gasteiger partial charge in [-0.05, 0) is 67.3 Å². The zero-order valence-electron chi connectivity index (χ0n) is 18.4. The number of ether oxygens (including phenoxy) is 1. The number of rotatable bonds is 8. The van der Waals surface area contributed by atoms with Crippen LogP contribution >= 0.6 is 0 Å². The molecule has 0 atom stereocenters. The monoisotopic (exact) mass is 435 g/mol. The van der Waals surface area contributed by atoms with E-state index in [1.165, 1.54) is 6.33 Å². The number of aromatic nitrogens is 2. The van der Waals surface area contributed by atoms with Gasteiger partial charge in [0.2, 0.25) is 11.6 Å². The summed E-state index contributed by atoms with van der Waals surface area (Å²) < 4.78 is 5.21. The number of nitro groups is 1. The van der Waals surface area contributed by atoms with E-state index >= 15 is 0 Å². The summed E-state index contributed by atoms with van der Waals surface area (Å²) in [7, 11) is 0. The molecule has 9 heteroatoms. The van der Waals surface area contributed by atoms with Crippen LogP contribution in [0.4, 0.5) is 28.7 Å². The van der Waals surface area contributed by atoms with Gasteiger partial charge in [0.1, 0.15) is 6.33 Å². The number of nitrogens with zero attached hydrogens (tertiary/aromatic N) is 3. The standard InChI is InChI=1S/C23H25N5O4/c1-14(2)12-32-23(29)17-5-7-18(8-6-17)26-21-20(28(30)31)22(25-13-24-21)27-19-10-15(3)9-16(4)11-19/h5-11,13-14H,12H2,1-4H3,(H2,24,25,26,27). The van der Waals surface area contributed by atoms with Gasteiger partial charge in [-0.15, -0.1) is 0 Å². The van der Waals surface area contributed by atoms with E-state index in [2.05, 4.69) is 20.6 Å². The highest BCUT2D eigenvalue weighted by molar-refractivity contribution is 5.90. The predicted molar refractivity (Wildman–Crippen MR) is 123 cm³/mol. The molecule has 3 aromatic rings. The molecule has 166 valence electrons. The largest absolute Gasteiger partial charge is 0.462 e. The second-order valence-electron chi connectivity index (χ2n) is 7.87. The number of nitrogens with one attached hydrogen (secondary N) is 2.